The quantitative estimate of drug-likeness (QED) is 0.148. The zero-order chi connectivity index (χ0) is 43.9. The van der Waals surface area contributed by atoms with Crippen molar-refractivity contribution in [2.45, 2.75) is 142 Å². The van der Waals surface area contributed by atoms with Crippen molar-refractivity contribution in [2.75, 3.05) is 49.1 Å². The lowest BCUT2D eigenvalue weighted by Gasteiger charge is -2.41. The molecule has 6 bridgehead atoms. The summed E-state index contributed by atoms with van der Waals surface area (Å²) in [6, 6.07) is 2.29. The van der Waals surface area contributed by atoms with Gasteiger partial charge < -0.3 is 29.9 Å². The first-order valence-electron chi connectivity index (χ1n) is 20.8. The molecule has 0 radical (unpaired) electrons. The second kappa shape index (κ2) is 23.2. The largest absolute Gasteiger partial charge is 0.444 e. The first-order chi connectivity index (χ1) is 28.9. The molecule has 19 heteroatoms. The maximum Gasteiger partial charge on any atom is 0.410 e. The number of fused-ring (bicyclic) bond motifs is 6. The summed E-state index contributed by atoms with van der Waals surface area (Å²) >= 11 is 9.70. The van der Waals surface area contributed by atoms with Gasteiger partial charge in [-0.3, -0.25) is 9.80 Å². The highest BCUT2D eigenvalue weighted by atomic mass is 127. The van der Waals surface area contributed by atoms with Crippen LogP contribution in [-0.2, 0) is 9.47 Å². The fourth-order valence-corrected chi connectivity index (χ4v) is 9.01. The average Bonchev–Trinajstić information content (AvgIpc) is 3.79. The third-order valence-electron chi connectivity index (χ3n) is 10.9. The number of carbonyl (C=O) groups is 2. The molecule has 0 spiro atoms. The molecule has 3 aromatic rings. The zero-order valence-electron chi connectivity index (χ0n) is 35.7. The van der Waals surface area contributed by atoms with Crippen LogP contribution in [0.15, 0.2) is 37.2 Å². The standard InChI is InChI=1S/C15H21IN4O2.C12H14N4.C11H20N2O2.C4H2ClIN2.2CH4/c1-15(2,3)22-14(21)20-11-4-5-12(20)9-19(8-11)13-17-6-10(16)7-18-13;1-2-9-5-13-12(14-6-9)16-7-10-3-4-11(8-16)15-10;1-11(2,3)15-10(14)13-8-4-5-9(13)7-12-6-8;5-4-7-1-3(6)2-8-4;;/h6-7,11-12H,4-5,8-9H2,1-3H3;1,5-6,10-11,15H,3-4,7-8H2;8-9,12H,4-7H2,1-3H3;1-2H;2*1H4. The number of aromatic nitrogens is 6. The van der Waals surface area contributed by atoms with Gasteiger partial charge in [0.05, 0.1) is 17.6 Å². The molecule has 3 aromatic heterocycles. The van der Waals surface area contributed by atoms with Crippen molar-refractivity contribution in [3.8, 4) is 12.3 Å². The number of anilines is 2. The van der Waals surface area contributed by atoms with Crippen LogP contribution in [0.4, 0.5) is 21.5 Å². The van der Waals surface area contributed by atoms with Crippen LogP contribution in [0.2, 0.25) is 5.28 Å². The number of nitrogens with one attached hydrogen (secondary N) is 2. The van der Waals surface area contributed by atoms with Gasteiger partial charge in [-0.15, -0.1) is 6.42 Å². The monoisotopic (exact) mass is 1110 g/mol. The molecule has 0 aliphatic carbocycles. The van der Waals surface area contributed by atoms with E-state index in [1.807, 2.05) is 63.7 Å². The molecule has 6 unspecified atom stereocenters. The van der Waals surface area contributed by atoms with E-state index < -0.39 is 5.60 Å². The fraction of sp³-hybridized carbons (Fsp3) is 0.636. The molecular weight excluding hydrogens is 1050 g/mol. The molecule has 0 aromatic carbocycles. The van der Waals surface area contributed by atoms with Gasteiger partial charge in [-0.1, -0.05) is 20.8 Å². The maximum absolute atomic E-state index is 12.4. The molecule has 6 aliphatic rings. The van der Waals surface area contributed by atoms with E-state index in [0.717, 1.165) is 89.6 Å². The van der Waals surface area contributed by atoms with E-state index in [2.05, 4.69) is 101 Å². The number of piperazine rings is 3. The number of rotatable bonds is 2. The van der Waals surface area contributed by atoms with Gasteiger partial charge >= 0.3 is 12.2 Å². The van der Waals surface area contributed by atoms with Gasteiger partial charge in [0, 0.05) is 108 Å². The summed E-state index contributed by atoms with van der Waals surface area (Å²) in [6.45, 7) is 16.8. The molecule has 16 nitrogen and oxygen atoms in total. The highest BCUT2D eigenvalue weighted by Crippen LogP contribution is 2.33. The number of nitrogens with zero attached hydrogens (tertiary/aromatic N) is 10. The first-order valence-corrected chi connectivity index (χ1v) is 23.4. The zero-order valence-corrected chi connectivity index (χ0v) is 40.8. The lowest BCUT2D eigenvalue weighted by Crippen LogP contribution is -2.57. The second-order valence-electron chi connectivity index (χ2n) is 17.9. The number of halogens is 3. The number of hydrogen-bond acceptors (Lipinski definition) is 14. The van der Waals surface area contributed by atoms with Crippen LogP contribution in [0, 0.1) is 19.5 Å². The van der Waals surface area contributed by atoms with Crippen molar-refractivity contribution in [1.29, 1.82) is 0 Å². The Morgan fingerprint density at radius 2 is 1.03 bits per heavy atom. The Balaban J connectivity index is 0.000000191. The summed E-state index contributed by atoms with van der Waals surface area (Å²) in [7, 11) is 0. The van der Waals surface area contributed by atoms with Gasteiger partial charge in [-0.2, -0.15) is 0 Å². The fourth-order valence-electron chi connectivity index (χ4n) is 8.35. The summed E-state index contributed by atoms with van der Waals surface area (Å²) in [5.41, 5.74) is -0.101. The molecule has 9 heterocycles. The minimum Gasteiger partial charge on any atom is -0.444 e. The van der Waals surface area contributed by atoms with Crippen molar-refractivity contribution in [2.24, 2.45) is 0 Å². The molecule has 63 heavy (non-hydrogen) atoms. The lowest BCUT2D eigenvalue weighted by molar-refractivity contribution is 0.00972. The number of ether oxygens (including phenoxy) is 2. The number of carbonyl (C=O) groups excluding carboxylic acids is 2. The topological polar surface area (TPSA) is 167 Å². The highest BCUT2D eigenvalue weighted by Gasteiger charge is 2.45. The summed E-state index contributed by atoms with van der Waals surface area (Å²) in [4.78, 5) is 57.5. The van der Waals surface area contributed by atoms with Gasteiger partial charge in [0.1, 0.15) is 11.2 Å². The first kappa shape index (κ1) is 52.2. The summed E-state index contributed by atoms with van der Waals surface area (Å²) in [6.07, 6.45) is 22.1. The average molecular weight is 1120 g/mol. The molecule has 6 fully saturated rings. The molecular formula is C44H65ClI2N12O4. The number of terminal acetylenes is 1. The van der Waals surface area contributed by atoms with Crippen molar-refractivity contribution < 1.29 is 19.1 Å². The molecule has 6 saturated heterocycles. The minimum atomic E-state index is -0.452. The lowest BCUT2D eigenvalue weighted by atomic mass is 10.2. The van der Waals surface area contributed by atoms with Crippen molar-refractivity contribution in [3.05, 3.63) is 55.2 Å². The highest BCUT2D eigenvalue weighted by molar-refractivity contribution is 14.1. The Bertz CT molecular complexity index is 1900. The Morgan fingerprint density at radius 1 is 0.651 bits per heavy atom. The molecule has 0 saturated carbocycles. The van der Waals surface area contributed by atoms with Crippen LogP contribution < -0.4 is 20.4 Å². The summed E-state index contributed by atoms with van der Waals surface area (Å²) in [5, 5.41) is 7.22. The van der Waals surface area contributed by atoms with Crippen molar-refractivity contribution >= 4 is 80.9 Å². The van der Waals surface area contributed by atoms with Crippen LogP contribution in [-0.4, -0.2) is 139 Å². The third-order valence-corrected chi connectivity index (χ3v) is 12.2. The van der Waals surface area contributed by atoms with Crippen LogP contribution in [0.3, 0.4) is 0 Å². The minimum absolute atomic E-state index is 0. The molecule has 9 rings (SSSR count). The Kier molecular flexibility index (Phi) is 19.2. The van der Waals surface area contributed by atoms with Crippen LogP contribution >= 0.6 is 56.8 Å². The van der Waals surface area contributed by atoms with Crippen molar-refractivity contribution in [1.82, 2.24) is 50.3 Å². The van der Waals surface area contributed by atoms with Crippen LogP contribution in [0.1, 0.15) is 100 Å². The predicted molar refractivity (Wildman–Crippen MR) is 265 cm³/mol. The van der Waals surface area contributed by atoms with E-state index >= 15 is 0 Å². The van der Waals surface area contributed by atoms with Gasteiger partial charge in [-0.05, 0) is 137 Å². The van der Waals surface area contributed by atoms with E-state index in [4.69, 9.17) is 27.5 Å². The number of amides is 2. The Morgan fingerprint density at radius 3 is 1.44 bits per heavy atom. The normalized spacial score (nSPS) is 24.1. The van der Waals surface area contributed by atoms with E-state index in [0.29, 0.717) is 29.5 Å². The van der Waals surface area contributed by atoms with Crippen molar-refractivity contribution in [3.63, 3.8) is 0 Å². The Labute approximate surface area is 406 Å². The van der Waals surface area contributed by atoms with Gasteiger partial charge in [0.2, 0.25) is 17.2 Å². The molecule has 346 valence electrons. The van der Waals surface area contributed by atoms with Crippen LogP contribution in [0.25, 0.3) is 0 Å². The molecule has 6 aliphatic heterocycles. The predicted octanol–water partition coefficient (Wildman–Crippen LogP) is 7.43. The van der Waals surface area contributed by atoms with Gasteiger partial charge in [-0.25, -0.2) is 39.5 Å². The second-order valence-corrected chi connectivity index (χ2v) is 20.8. The SMILES string of the molecule is C.C.C#Cc1cnc(N2CC3CCC(C2)N3)nc1.CC(C)(C)OC(=O)N1C2CCC1CN(c1ncc(I)cn1)C2.CC(C)(C)OC(=O)N1C2CCC1CNC2.Clc1ncc(I)cn1. The summed E-state index contributed by atoms with van der Waals surface area (Å²) in [5.74, 6) is 4.09. The van der Waals surface area contributed by atoms with E-state index in [9.17, 15) is 9.59 Å². The van der Waals surface area contributed by atoms with Gasteiger partial charge in [0.15, 0.2) is 0 Å². The van der Waals surface area contributed by atoms with E-state index in [1.165, 1.54) is 12.8 Å². The molecule has 6 atom stereocenters. The third kappa shape index (κ3) is 15.1. The maximum atomic E-state index is 12.4. The van der Waals surface area contributed by atoms with Crippen LogP contribution in [0.5, 0.6) is 0 Å². The van der Waals surface area contributed by atoms with Gasteiger partial charge in [0.25, 0.3) is 0 Å². The van der Waals surface area contributed by atoms with E-state index in [1.54, 1.807) is 24.8 Å². The Hall–Kier alpha value is -3.39. The van der Waals surface area contributed by atoms with E-state index in [-0.39, 0.29) is 44.7 Å². The number of hydrogen-bond donors (Lipinski definition) is 2. The molecule has 2 N–H and O–H groups in total. The smallest absolute Gasteiger partial charge is 0.410 e. The summed E-state index contributed by atoms with van der Waals surface area (Å²) < 4.78 is 13.0. The molecule has 2 amide bonds.